The van der Waals surface area contributed by atoms with E-state index < -0.39 is 11.1 Å². The van der Waals surface area contributed by atoms with E-state index in [1.165, 1.54) is 7.11 Å². The minimum absolute atomic E-state index is 0.0484. The van der Waals surface area contributed by atoms with Crippen molar-refractivity contribution >= 4 is 11.1 Å². The summed E-state index contributed by atoms with van der Waals surface area (Å²) < 4.78 is 31.0. The summed E-state index contributed by atoms with van der Waals surface area (Å²) in [5, 5.41) is 0. The Balaban J connectivity index is 2.98. The molecule has 4 nitrogen and oxygen atoms in total. The number of hydrogen-bond donors (Lipinski definition) is 0. The summed E-state index contributed by atoms with van der Waals surface area (Å²) in [5.74, 6) is 1.11. The molecule has 0 bridgehead atoms. The van der Waals surface area contributed by atoms with Crippen molar-refractivity contribution in [1.82, 2.24) is 0 Å². The molecule has 14 heavy (non-hydrogen) atoms. The van der Waals surface area contributed by atoms with E-state index in [0.29, 0.717) is 17.1 Å². The van der Waals surface area contributed by atoms with Crippen LogP contribution in [-0.2, 0) is 16.8 Å². The monoisotopic (exact) mass is 215 g/mol. The van der Waals surface area contributed by atoms with Crippen LogP contribution in [0, 0.1) is 0 Å². The zero-order chi connectivity index (χ0) is 10.6. The van der Waals surface area contributed by atoms with Crippen molar-refractivity contribution < 1.29 is 18.2 Å². The van der Waals surface area contributed by atoms with Gasteiger partial charge in [-0.2, -0.15) is 0 Å². The summed E-state index contributed by atoms with van der Waals surface area (Å²) in [6, 6.07) is 5.03. The fraction of sp³-hybridized carbons (Fsp3) is 0.333. The maximum atomic E-state index is 10.5. The quantitative estimate of drug-likeness (QED) is 0.705. The Labute approximate surface area is 85.1 Å². The third-order valence-electron chi connectivity index (χ3n) is 1.77. The highest BCUT2D eigenvalue weighted by Gasteiger charge is 2.04. The first-order valence-corrected chi connectivity index (χ1v) is 5.18. The SMILES string of the molecule is COc1ccc(CS(=O)[O-])c(OC)c1. The standard InChI is InChI=1S/C9H12O4S/c1-12-8-4-3-7(6-14(10)11)9(5-8)13-2/h3-5H,6H2,1-2H3,(H,10,11)/p-1. The fourth-order valence-electron chi connectivity index (χ4n) is 1.10. The molecule has 0 amide bonds. The molecule has 0 heterocycles. The highest BCUT2D eigenvalue weighted by molar-refractivity contribution is 7.78. The Hall–Kier alpha value is -1.07. The van der Waals surface area contributed by atoms with Crippen LogP contribution in [0.2, 0.25) is 0 Å². The van der Waals surface area contributed by atoms with E-state index in [2.05, 4.69) is 0 Å². The fourth-order valence-corrected chi connectivity index (χ4v) is 1.59. The lowest BCUT2D eigenvalue weighted by molar-refractivity contribution is 0.391. The van der Waals surface area contributed by atoms with Crippen LogP contribution in [-0.4, -0.2) is 23.0 Å². The number of methoxy groups -OCH3 is 2. The normalized spacial score (nSPS) is 12.2. The summed E-state index contributed by atoms with van der Waals surface area (Å²) in [7, 11) is 3.03. The Morgan fingerprint density at radius 2 is 2.07 bits per heavy atom. The first-order valence-electron chi connectivity index (χ1n) is 3.94. The van der Waals surface area contributed by atoms with Gasteiger partial charge in [-0.25, -0.2) is 0 Å². The molecule has 1 atom stereocenters. The van der Waals surface area contributed by atoms with Gasteiger partial charge in [-0.3, -0.25) is 4.21 Å². The summed E-state index contributed by atoms with van der Waals surface area (Å²) in [4.78, 5) is 0. The number of rotatable bonds is 4. The van der Waals surface area contributed by atoms with Crippen molar-refractivity contribution in [3.63, 3.8) is 0 Å². The van der Waals surface area contributed by atoms with Crippen LogP contribution in [0.15, 0.2) is 18.2 Å². The molecule has 0 aliphatic rings. The topological polar surface area (TPSA) is 58.6 Å². The molecule has 1 unspecified atom stereocenters. The van der Waals surface area contributed by atoms with Crippen molar-refractivity contribution in [2.45, 2.75) is 5.75 Å². The third kappa shape index (κ3) is 2.71. The predicted molar refractivity (Wildman–Crippen MR) is 52.2 cm³/mol. The van der Waals surface area contributed by atoms with Gasteiger partial charge in [0.25, 0.3) is 0 Å². The minimum Gasteiger partial charge on any atom is -0.772 e. The largest absolute Gasteiger partial charge is 0.772 e. The minimum atomic E-state index is -2.11. The van der Waals surface area contributed by atoms with Crippen LogP contribution in [0.5, 0.6) is 11.5 Å². The van der Waals surface area contributed by atoms with E-state index in [4.69, 9.17) is 9.47 Å². The van der Waals surface area contributed by atoms with Gasteiger partial charge in [-0.15, -0.1) is 0 Å². The van der Waals surface area contributed by atoms with Gasteiger partial charge in [0, 0.05) is 17.4 Å². The highest BCUT2D eigenvalue weighted by atomic mass is 32.2. The molecule has 1 aromatic rings. The van der Waals surface area contributed by atoms with Gasteiger partial charge >= 0.3 is 0 Å². The van der Waals surface area contributed by atoms with Crippen LogP contribution >= 0.6 is 0 Å². The summed E-state index contributed by atoms with van der Waals surface area (Å²) in [6.45, 7) is 0. The van der Waals surface area contributed by atoms with Crippen LogP contribution in [0.1, 0.15) is 5.56 Å². The zero-order valence-electron chi connectivity index (χ0n) is 7.98. The lowest BCUT2D eigenvalue weighted by atomic mass is 10.2. The smallest absolute Gasteiger partial charge is 0.126 e. The van der Waals surface area contributed by atoms with E-state index in [-0.39, 0.29) is 5.75 Å². The molecule has 0 radical (unpaired) electrons. The zero-order valence-corrected chi connectivity index (χ0v) is 8.80. The molecule has 0 aliphatic carbocycles. The van der Waals surface area contributed by atoms with Crippen LogP contribution < -0.4 is 9.47 Å². The first-order chi connectivity index (χ1) is 6.67. The molecule has 0 fully saturated rings. The van der Waals surface area contributed by atoms with Gasteiger partial charge in [0.2, 0.25) is 0 Å². The predicted octanol–water partition coefficient (Wildman–Crippen LogP) is 1.08. The second-order valence-corrected chi connectivity index (χ2v) is 3.52. The van der Waals surface area contributed by atoms with E-state index in [0.717, 1.165) is 0 Å². The van der Waals surface area contributed by atoms with Crippen LogP contribution in [0.4, 0.5) is 0 Å². The average molecular weight is 215 g/mol. The molecule has 1 rings (SSSR count). The molecular weight excluding hydrogens is 204 g/mol. The molecule has 5 heteroatoms. The Morgan fingerprint density at radius 1 is 1.36 bits per heavy atom. The number of ether oxygens (including phenoxy) is 2. The summed E-state index contributed by atoms with van der Waals surface area (Å²) in [5.41, 5.74) is 0.627. The Bertz CT molecular complexity index is 338. The third-order valence-corrected chi connectivity index (χ3v) is 2.31. The molecule has 78 valence electrons. The van der Waals surface area contributed by atoms with Crippen molar-refractivity contribution in [1.29, 1.82) is 0 Å². The van der Waals surface area contributed by atoms with Gasteiger partial charge in [0.15, 0.2) is 0 Å². The van der Waals surface area contributed by atoms with Crippen molar-refractivity contribution in [3.8, 4) is 11.5 Å². The molecule has 0 aliphatic heterocycles. The van der Waals surface area contributed by atoms with Crippen molar-refractivity contribution in [2.24, 2.45) is 0 Å². The molecule has 0 aromatic heterocycles. The first kappa shape index (κ1) is 11.0. The number of hydrogen-bond acceptors (Lipinski definition) is 4. The lowest BCUT2D eigenvalue weighted by Gasteiger charge is -2.11. The lowest BCUT2D eigenvalue weighted by Crippen LogP contribution is -1.97. The Kier molecular flexibility index (Phi) is 3.91. The van der Waals surface area contributed by atoms with E-state index >= 15 is 0 Å². The second-order valence-electron chi connectivity index (χ2n) is 2.63. The number of benzene rings is 1. The average Bonchev–Trinajstić information content (AvgIpc) is 2.17. The van der Waals surface area contributed by atoms with Gasteiger partial charge in [0.1, 0.15) is 11.5 Å². The van der Waals surface area contributed by atoms with Crippen molar-refractivity contribution in [3.05, 3.63) is 23.8 Å². The highest BCUT2D eigenvalue weighted by Crippen LogP contribution is 2.25. The Morgan fingerprint density at radius 3 is 2.57 bits per heavy atom. The molecule has 0 saturated carbocycles. The van der Waals surface area contributed by atoms with Crippen molar-refractivity contribution in [2.75, 3.05) is 14.2 Å². The summed E-state index contributed by atoms with van der Waals surface area (Å²) >= 11 is -2.11. The molecule has 0 N–H and O–H groups in total. The molecule has 0 saturated heterocycles. The second kappa shape index (κ2) is 4.97. The van der Waals surface area contributed by atoms with Crippen LogP contribution in [0.3, 0.4) is 0 Å². The van der Waals surface area contributed by atoms with E-state index in [1.54, 1.807) is 25.3 Å². The maximum absolute atomic E-state index is 10.5. The van der Waals surface area contributed by atoms with E-state index in [1.807, 2.05) is 0 Å². The van der Waals surface area contributed by atoms with Crippen LogP contribution in [0.25, 0.3) is 0 Å². The maximum Gasteiger partial charge on any atom is 0.126 e. The van der Waals surface area contributed by atoms with Gasteiger partial charge < -0.3 is 14.0 Å². The van der Waals surface area contributed by atoms with Gasteiger partial charge in [0.05, 0.1) is 14.2 Å². The van der Waals surface area contributed by atoms with Gasteiger partial charge in [-0.05, 0) is 6.07 Å². The van der Waals surface area contributed by atoms with Gasteiger partial charge in [-0.1, -0.05) is 17.1 Å². The van der Waals surface area contributed by atoms with E-state index in [9.17, 15) is 8.76 Å². The molecular formula is C9H11O4S-. The molecule has 0 spiro atoms. The summed E-state index contributed by atoms with van der Waals surface area (Å²) in [6.07, 6.45) is 0. The molecule has 1 aromatic carbocycles.